The van der Waals surface area contributed by atoms with Crippen LogP contribution >= 0.6 is 11.8 Å². The Balaban J connectivity index is 1.62. The summed E-state index contributed by atoms with van der Waals surface area (Å²) in [6.45, 7) is 7.17. The lowest BCUT2D eigenvalue weighted by molar-refractivity contribution is -0.133. The van der Waals surface area contributed by atoms with E-state index in [1.54, 1.807) is 11.8 Å². The van der Waals surface area contributed by atoms with Gasteiger partial charge in [-0.2, -0.15) is 0 Å². The minimum atomic E-state index is -0.869. The molecule has 3 N–H and O–H groups in total. The predicted octanol–water partition coefficient (Wildman–Crippen LogP) is 3.30. The largest absolute Gasteiger partial charge is 0.390 e. The maximum Gasteiger partial charge on any atom is 0.237 e. The molecule has 1 saturated carbocycles. The van der Waals surface area contributed by atoms with Crippen LogP contribution in [0.15, 0.2) is 35.2 Å². The maximum atomic E-state index is 13.1. The fourth-order valence-corrected chi connectivity index (χ4v) is 5.73. The number of hydrogen-bond acceptors (Lipinski definition) is 5. The summed E-state index contributed by atoms with van der Waals surface area (Å²) in [6.07, 6.45) is 4.08. The zero-order valence-electron chi connectivity index (χ0n) is 18.6. The minimum absolute atomic E-state index is 0.0480. The van der Waals surface area contributed by atoms with E-state index in [1.807, 2.05) is 51.1 Å². The van der Waals surface area contributed by atoms with Crippen LogP contribution in [0, 0.1) is 11.8 Å². The van der Waals surface area contributed by atoms with Gasteiger partial charge < -0.3 is 15.5 Å². The fraction of sp³-hybridized carbons (Fsp3) is 0.708. The van der Waals surface area contributed by atoms with Crippen LogP contribution in [-0.2, 0) is 4.79 Å². The van der Waals surface area contributed by atoms with Crippen molar-refractivity contribution in [1.82, 2.24) is 10.2 Å². The number of likely N-dealkylation sites (tertiary alicyclic amines) is 1. The van der Waals surface area contributed by atoms with Crippen molar-refractivity contribution in [2.75, 3.05) is 18.8 Å². The Morgan fingerprint density at radius 1 is 1.13 bits per heavy atom. The van der Waals surface area contributed by atoms with E-state index in [0.717, 1.165) is 17.9 Å². The zero-order chi connectivity index (χ0) is 21.7. The summed E-state index contributed by atoms with van der Waals surface area (Å²) in [4.78, 5) is 16.3. The topological polar surface area (TPSA) is 72.8 Å². The predicted molar refractivity (Wildman–Crippen MR) is 123 cm³/mol. The van der Waals surface area contributed by atoms with Crippen molar-refractivity contribution in [1.29, 1.82) is 0 Å². The third-order valence-electron chi connectivity index (χ3n) is 6.33. The molecule has 4 unspecified atom stereocenters. The van der Waals surface area contributed by atoms with E-state index in [1.165, 1.54) is 25.7 Å². The van der Waals surface area contributed by atoms with E-state index in [4.69, 9.17) is 0 Å². The Kier molecular flexibility index (Phi) is 8.24. The van der Waals surface area contributed by atoms with Crippen molar-refractivity contribution in [3.8, 4) is 0 Å². The van der Waals surface area contributed by atoms with E-state index >= 15 is 0 Å². The standard InChI is InChI=1S/C24H38N2O3S/c1-24(2,3)25-23(29)20-13-17-9-7-8-10-18(17)14-26(20)15-21(27)22(28)16-30-19-11-5-4-6-12-19/h4-6,11-12,17-18,20-22,27-28H,7-10,13-16H2,1-3H3,(H,25,29)/t17?,18?,20-,21?,22?/m0/s1. The molecule has 168 valence electrons. The number of piperidine rings is 1. The molecule has 5 nitrogen and oxygen atoms in total. The first-order valence-corrected chi connectivity index (χ1v) is 12.3. The van der Waals surface area contributed by atoms with Gasteiger partial charge in [-0.3, -0.25) is 9.69 Å². The van der Waals surface area contributed by atoms with Gasteiger partial charge in [0.1, 0.15) is 0 Å². The number of thioether (sulfide) groups is 1. The first-order valence-electron chi connectivity index (χ1n) is 11.3. The van der Waals surface area contributed by atoms with Gasteiger partial charge in [0.25, 0.3) is 0 Å². The van der Waals surface area contributed by atoms with Gasteiger partial charge in [0.15, 0.2) is 0 Å². The average Bonchev–Trinajstić information content (AvgIpc) is 2.71. The van der Waals surface area contributed by atoms with E-state index in [-0.39, 0.29) is 17.5 Å². The summed E-state index contributed by atoms with van der Waals surface area (Å²) in [5, 5.41) is 24.4. The number of amides is 1. The van der Waals surface area contributed by atoms with Crippen molar-refractivity contribution < 1.29 is 15.0 Å². The zero-order valence-corrected chi connectivity index (χ0v) is 19.4. The summed E-state index contributed by atoms with van der Waals surface area (Å²) in [5.74, 6) is 1.68. The summed E-state index contributed by atoms with van der Waals surface area (Å²) < 4.78 is 0. The molecule has 1 aliphatic carbocycles. The van der Waals surface area contributed by atoms with Crippen LogP contribution in [0.4, 0.5) is 0 Å². The second-order valence-electron chi connectivity index (χ2n) is 10.0. The number of hydrogen-bond donors (Lipinski definition) is 3. The van der Waals surface area contributed by atoms with Gasteiger partial charge in [-0.25, -0.2) is 0 Å². The molecule has 3 rings (SSSR count). The van der Waals surface area contributed by atoms with E-state index in [9.17, 15) is 15.0 Å². The van der Waals surface area contributed by atoms with E-state index in [0.29, 0.717) is 24.1 Å². The van der Waals surface area contributed by atoms with Crippen molar-refractivity contribution in [3.05, 3.63) is 30.3 Å². The number of nitrogens with zero attached hydrogens (tertiary/aromatic N) is 1. The molecular formula is C24H38N2O3S. The molecule has 30 heavy (non-hydrogen) atoms. The van der Waals surface area contributed by atoms with Gasteiger partial charge in [-0.15, -0.1) is 11.8 Å². The Bertz CT molecular complexity index is 679. The lowest BCUT2D eigenvalue weighted by Crippen LogP contribution is -2.59. The number of β-amino-alcohol motifs (C(OH)–C–C–N with tert-alkyl or cyclic N) is 1. The number of fused-ring (bicyclic) bond motifs is 1. The van der Waals surface area contributed by atoms with Crippen molar-refractivity contribution in [3.63, 3.8) is 0 Å². The lowest BCUT2D eigenvalue weighted by Gasteiger charge is -2.46. The highest BCUT2D eigenvalue weighted by Gasteiger charge is 2.41. The number of nitrogens with one attached hydrogen (secondary N) is 1. The smallest absolute Gasteiger partial charge is 0.237 e. The van der Waals surface area contributed by atoms with Crippen molar-refractivity contribution in [2.45, 2.75) is 81.6 Å². The minimum Gasteiger partial charge on any atom is -0.390 e. The SMILES string of the molecule is CC(C)(C)NC(=O)[C@@H]1CC2CCCCC2CN1CC(O)C(O)CSc1ccccc1. The Hall–Kier alpha value is -1.08. The van der Waals surface area contributed by atoms with Crippen LogP contribution in [0.1, 0.15) is 52.9 Å². The highest BCUT2D eigenvalue weighted by atomic mass is 32.2. The van der Waals surface area contributed by atoms with Crippen LogP contribution < -0.4 is 5.32 Å². The summed E-state index contributed by atoms with van der Waals surface area (Å²) in [7, 11) is 0. The van der Waals surface area contributed by atoms with Crippen LogP contribution in [0.5, 0.6) is 0 Å². The average molecular weight is 435 g/mol. The molecule has 5 atom stereocenters. The molecule has 0 spiro atoms. The number of benzene rings is 1. The second-order valence-corrected chi connectivity index (χ2v) is 11.1. The van der Waals surface area contributed by atoms with Gasteiger partial charge in [0, 0.05) is 29.3 Å². The molecule has 1 saturated heterocycles. The lowest BCUT2D eigenvalue weighted by atomic mass is 9.72. The first kappa shape index (κ1) is 23.6. The number of aliphatic hydroxyl groups excluding tert-OH is 2. The number of aliphatic hydroxyl groups is 2. The van der Waals surface area contributed by atoms with Crippen molar-refractivity contribution in [2.24, 2.45) is 11.8 Å². The summed E-state index contributed by atoms with van der Waals surface area (Å²) in [6, 6.07) is 9.68. The highest BCUT2D eigenvalue weighted by molar-refractivity contribution is 7.99. The van der Waals surface area contributed by atoms with Gasteiger partial charge >= 0.3 is 0 Å². The third-order valence-corrected chi connectivity index (χ3v) is 7.45. The fourth-order valence-electron chi connectivity index (χ4n) is 4.80. The van der Waals surface area contributed by atoms with E-state index < -0.39 is 12.2 Å². The molecule has 1 amide bonds. The molecule has 2 fully saturated rings. The highest BCUT2D eigenvalue weighted by Crippen LogP contribution is 2.39. The molecule has 1 aromatic rings. The molecule has 1 aliphatic heterocycles. The Morgan fingerprint density at radius 2 is 1.80 bits per heavy atom. The Labute approximate surface area is 185 Å². The maximum absolute atomic E-state index is 13.1. The monoisotopic (exact) mass is 434 g/mol. The molecular weight excluding hydrogens is 396 g/mol. The van der Waals surface area contributed by atoms with Crippen LogP contribution in [-0.4, -0.2) is 63.7 Å². The first-order chi connectivity index (χ1) is 14.2. The van der Waals surface area contributed by atoms with Crippen LogP contribution in [0.2, 0.25) is 0 Å². The normalized spacial score (nSPS) is 27.2. The quantitative estimate of drug-likeness (QED) is 0.575. The molecule has 1 aromatic carbocycles. The summed E-state index contributed by atoms with van der Waals surface area (Å²) >= 11 is 1.54. The molecule has 2 aliphatic rings. The molecule has 1 heterocycles. The van der Waals surface area contributed by atoms with Gasteiger partial charge in [-0.1, -0.05) is 37.5 Å². The van der Waals surface area contributed by atoms with Gasteiger partial charge in [0.2, 0.25) is 5.91 Å². The Morgan fingerprint density at radius 3 is 2.47 bits per heavy atom. The van der Waals surface area contributed by atoms with Gasteiger partial charge in [0.05, 0.1) is 18.2 Å². The van der Waals surface area contributed by atoms with Crippen LogP contribution in [0.25, 0.3) is 0 Å². The molecule has 6 heteroatoms. The summed E-state index contributed by atoms with van der Waals surface area (Å²) in [5.41, 5.74) is -0.281. The van der Waals surface area contributed by atoms with E-state index in [2.05, 4.69) is 10.2 Å². The van der Waals surface area contributed by atoms with Crippen LogP contribution in [0.3, 0.4) is 0 Å². The molecule has 0 radical (unpaired) electrons. The van der Waals surface area contributed by atoms with Gasteiger partial charge in [-0.05, 0) is 57.6 Å². The number of rotatable bonds is 7. The molecule has 0 aromatic heterocycles. The van der Waals surface area contributed by atoms with Crippen molar-refractivity contribution >= 4 is 17.7 Å². The second kappa shape index (κ2) is 10.5. The number of carbonyl (C=O) groups excluding carboxylic acids is 1. The molecule has 0 bridgehead atoms. The third kappa shape index (κ3) is 6.71. The number of carbonyl (C=O) groups is 1.